The summed E-state index contributed by atoms with van der Waals surface area (Å²) in [6, 6.07) is 38.2. The van der Waals surface area contributed by atoms with Gasteiger partial charge in [-0.25, -0.2) is 0 Å². The molecule has 0 spiro atoms. The van der Waals surface area contributed by atoms with E-state index in [-0.39, 0.29) is 17.9 Å². The minimum absolute atomic E-state index is 0.0865. The maximum absolute atomic E-state index is 12.8. The maximum atomic E-state index is 12.8. The van der Waals surface area contributed by atoms with E-state index < -0.39 is 0 Å². The number of hydrogen-bond acceptors (Lipinski definition) is 4. The van der Waals surface area contributed by atoms with Gasteiger partial charge >= 0.3 is 0 Å². The summed E-state index contributed by atoms with van der Waals surface area (Å²) in [5.74, 6) is 1.49. The maximum Gasteiger partial charge on any atom is 0.255 e. The number of halogens is 1. The molecule has 232 valence electrons. The van der Waals surface area contributed by atoms with Crippen LogP contribution in [0, 0.1) is 6.92 Å². The molecule has 1 aliphatic heterocycles. The number of hydrogen-bond donors (Lipinski definition) is 1. The number of piperidine rings is 1. The highest BCUT2D eigenvalue weighted by Crippen LogP contribution is 2.25. The number of anilines is 1. The first-order valence-electron chi connectivity index (χ1n) is 15.4. The molecule has 0 bridgehead atoms. The molecular weight excluding hydrogens is 596 g/mol. The topological polar surface area (TPSA) is 67.9 Å². The standard InChI is InChI=1S/C39H35ClN2O4/c1-27-5-9-32(10-6-27)39(44)42-23-21-37(22-24-42)46-36-17-7-28(8-18-36)26-45-35-19-15-30(16-20-35)29-11-13-31(14-12-29)38(43)41-34-4-2-3-33(40)25-34/h2-20,25,37H,21-24,26H2,1H3,(H,41,43). The van der Waals surface area contributed by atoms with Gasteiger partial charge in [0.1, 0.15) is 24.2 Å². The molecule has 5 aromatic carbocycles. The van der Waals surface area contributed by atoms with Crippen molar-refractivity contribution in [2.75, 3.05) is 18.4 Å². The van der Waals surface area contributed by atoms with Crippen molar-refractivity contribution < 1.29 is 19.1 Å². The van der Waals surface area contributed by atoms with Crippen molar-refractivity contribution in [3.63, 3.8) is 0 Å². The van der Waals surface area contributed by atoms with Gasteiger partial charge in [0.2, 0.25) is 0 Å². The third-order valence-electron chi connectivity index (χ3n) is 8.08. The Bertz CT molecular complexity index is 1780. The summed E-state index contributed by atoms with van der Waals surface area (Å²) < 4.78 is 12.2. The van der Waals surface area contributed by atoms with Crippen LogP contribution in [-0.4, -0.2) is 35.9 Å². The summed E-state index contributed by atoms with van der Waals surface area (Å²) in [7, 11) is 0. The van der Waals surface area contributed by atoms with E-state index in [0.29, 0.717) is 36.0 Å². The smallest absolute Gasteiger partial charge is 0.255 e. The number of amides is 2. The van der Waals surface area contributed by atoms with Crippen LogP contribution in [-0.2, 0) is 6.61 Å². The normalized spacial score (nSPS) is 13.2. The van der Waals surface area contributed by atoms with Gasteiger partial charge < -0.3 is 19.7 Å². The van der Waals surface area contributed by atoms with Gasteiger partial charge in [0, 0.05) is 47.8 Å². The van der Waals surface area contributed by atoms with Crippen LogP contribution in [0.15, 0.2) is 121 Å². The van der Waals surface area contributed by atoms with Crippen molar-refractivity contribution >= 4 is 29.1 Å². The van der Waals surface area contributed by atoms with E-state index in [2.05, 4.69) is 5.32 Å². The first-order chi connectivity index (χ1) is 22.4. The third kappa shape index (κ3) is 7.95. The average molecular weight is 631 g/mol. The summed E-state index contributed by atoms with van der Waals surface area (Å²) in [6.07, 6.45) is 1.70. The summed E-state index contributed by atoms with van der Waals surface area (Å²) in [6.45, 7) is 3.84. The molecule has 6 rings (SSSR count). The fraction of sp³-hybridized carbons (Fsp3) is 0.179. The lowest BCUT2D eigenvalue weighted by Crippen LogP contribution is -2.41. The fourth-order valence-corrected chi connectivity index (χ4v) is 5.60. The number of ether oxygens (including phenoxy) is 2. The SMILES string of the molecule is Cc1ccc(C(=O)N2CCC(Oc3ccc(COc4ccc(-c5ccc(C(=O)Nc6cccc(Cl)c6)cc5)cc4)cc3)CC2)cc1. The van der Waals surface area contributed by atoms with Gasteiger partial charge in [0.05, 0.1) is 0 Å². The van der Waals surface area contributed by atoms with Gasteiger partial charge in [-0.05, 0) is 90.3 Å². The number of nitrogens with zero attached hydrogens (tertiary/aromatic N) is 1. The number of carbonyl (C=O) groups is 2. The van der Waals surface area contributed by atoms with Crippen LogP contribution in [0.3, 0.4) is 0 Å². The molecule has 0 atom stereocenters. The Kier molecular flexibility index (Phi) is 9.65. The van der Waals surface area contributed by atoms with Crippen molar-refractivity contribution in [3.8, 4) is 22.6 Å². The van der Waals surface area contributed by atoms with Crippen LogP contribution in [0.1, 0.15) is 44.7 Å². The van der Waals surface area contributed by atoms with E-state index in [9.17, 15) is 9.59 Å². The quantitative estimate of drug-likeness (QED) is 0.177. The molecule has 5 aromatic rings. The van der Waals surface area contributed by atoms with Crippen LogP contribution < -0.4 is 14.8 Å². The Balaban J connectivity index is 0.951. The second-order valence-electron chi connectivity index (χ2n) is 11.5. The van der Waals surface area contributed by atoms with E-state index in [1.807, 2.05) is 109 Å². The van der Waals surface area contributed by atoms with E-state index in [0.717, 1.165) is 52.2 Å². The van der Waals surface area contributed by atoms with Crippen molar-refractivity contribution in [2.24, 2.45) is 0 Å². The molecule has 0 aromatic heterocycles. The summed E-state index contributed by atoms with van der Waals surface area (Å²) >= 11 is 6.01. The number of likely N-dealkylation sites (tertiary alicyclic amines) is 1. The average Bonchev–Trinajstić information content (AvgIpc) is 3.09. The molecule has 1 fully saturated rings. The van der Waals surface area contributed by atoms with Crippen LogP contribution in [0.25, 0.3) is 11.1 Å². The molecular formula is C39H35ClN2O4. The van der Waals surface area contributed by atoms with Crippen molar-refractivity contribution in [1.29, 1.82) is 0 Å². The Morgan fingerprint density at radius 2 is 1.37 bits per heavy atom. The predicted octanol–water partition coefficient (Wildman–Crippen LogP) is 8.83. The molecule has 0 unspecified atom stereocenters. The number of rotatable bonds is 9. The molecule has 2 amide bonds. The van der Waals surface area contributed by atoms with Crippen LogP contribution in [0.2, 0.25) is 5.02 Å². The van der Waals surface area contributed by atoms with Gasteiger partial charge in [0.25, 0.3) is 11.8 Å². The Labute approximate surface area is 274 Å². The van der Waals surface area contributed by atoms with Gasteiger partial charge in [0.15, 0.2) is 0 Å². The Hall–Kier alpha value is -5.07. The zero-order valence-electron chi connectivity index (χ0n) is 25.6. The van der Waals surface area contributed by atoms with E-state index in [1.165, 1.54) is 0 Å². The summed E-state index contributed by atoms with van der Waals surface area (Å²) in [5, 5.41) is 3.44. The second-order valence-corrected chi connectivity index (χ2v) is 11.9. The molecule has 0 aliphatic carbocycles. The molecule has 1 saturated heterocycles. The van der Waals surface area contributed by atoms with Gasteiger partial charge in [-0.3, -0.25) is 9.59 Å². The molecule has 7 heteroatoms. The number of benzene rings is 5. The van der Waals surface area contributed by atoms with Crippen LogP contribution in [0.4, 0.5) is 5.69 Å². The minimum atomic E-state index is -0.190. The molecule has 46 heavy (non-hydrogen) atoms. The van der Waals surface area contributed by atoms with E-state index in [4.69, 9.17) is 21.1 Å². The molecule has 1 aliphatic rings. The van der Waals surface area contributed by atoms with E-state index in [1.54, 1.807) is 24.3 Å². The van der Waals surface area contributed by atoms with Crippen molar-refractivity contribution in [2.45, 2.75) is 32.5 Å². The molecule has 0 radical (unpaired) electrons. The van der Waals surface area contributed by atoms with Crippen LogP contribution in [0.5, 0.6) is 11.5 Å². The van der Waals surface area contributed by atoms with E-state index >= 15 is 0 Å². The second kappa shape index (κ2) is 14.4. The minimum Gasteiger partial charge on any atom is -0.490 e. The summed E-state index contributed by atoms with van der Waals surface area (Å²) in [4.78, 5) is 27.3. The van der Waals surface area contributed by atoms with Gasteiger partial charge in [-0.1, -0.05) is 71.8 Å². The highest BCUT2D eigenvalue weighted by atomic mass is 35.5. The zero-order chi connectivity index (χ0) is 31.9. The van der Waals surface area contributed by atoms with Crippen molar-refractivity contribution in [1.82, 2.24) is 4.90 Å². The zero-order valence-corrected chi connectivity index (χ0v) is 26.4. The monoisotopic (exact) mass is 630 g/mol. The number of nitrogens with one attached hydrogen (secondary N) is 1. The summed E-state index contributed by atoms with van der Waals surface area (Å²) in [5.41, 5.74) is 6.18. The van der Waals surface area contributed by atoms with Gasteiger partial charge in [-0.15, -0.1) is 0 Å². The first kappa shape index (κ1) is 30.9. The van der Waals surface area contributed by atoms with Gasteiger partial charge in [-0.2, -0.15) is 0 Å². The highest BCUT2D eigenvalue weighted by Gasteiger charge is 2.24. The Morgan fingerprint density at radius 1 is 0.761 bits per heavy atom. The predicted molar refractivity (Wildman–Crippen MR) is 183 cm³/mol. The van der Waals surface area contributed by atoms with Crippen molar-refractivity contribution in [3.05, 3.63) is 149 Å². The third-order valence-corrected chi connectivity index (χ3v) is 8.31. The molecule has 1 N–H and O–H groups in total. The lowest BCUT2D eigenvalue weighted by molar-refractivity contribution is 0.0595. The lowest BCUT2D eigenvalue weighted by Gasteiger charge is -2.32. The number of aryl methyl sites for hydroxylation is 1. The van der Waals surface area contributed by atoms with Crippen LogP contribution >= 0.6 is 11.6 Å². The Morgan fingerprint density at radius 3 is 2.02 bits per heavy atom. The fourth-order valence-electron chi connectivity index (χ4n) is 5.41. The lowest BCUT2D eigenvalue weighted by atomic mass is 10.0. The highest BCUT2D eigenvalue weighted by molar-refractivity contribution is 6.31. The molecule has 6 nitrogen and oxygen atoms in total. The molecule has 0 saturated carbocycles. The molecule has 1 heterocycles. The number of carbonyl (C=O) groups excluding carboxylic acids is 2. The first-order valence-corrected chi connectivity index (χ1v) is 15.8. The largest absolute Gasteiger partial charge is 0.490 e.